The summed E-state index contributed by atoms with van der Waals surface area (Å²) in [6.07, 6.45) is 0.838. The lowest BCUT2D eigenvalue weighted by molar-refractivity contribution is 0.0953. The number of nitrogens with one attached hydrogen (secondary N) is 2. The molecule has 33 heavy (non-hydrogen) atoms. The molecule has 0 aliphatic rings. The first-order chi connectivity index (χ1) is 15.4. The Hall–Kier alpha value is -3.83. The topological polar surface area (TPSA) is 105 Å². The smallest absolute Gasteiger partial charge is 0.254 e. The maximum absolute atomic E-state index is 13.0. The zero-order chi connectivity index (χ0) is 22.7. The molecule has 0 aliphatic heterocycles. The normalized spacial score (nSPS) is 10.5. The number of nitrogen functional groups attached to an aromatic ring is 2. The Kier molecular flexibility index (Phi) is 7.36. The number of hydrogen-bond donors (Lipinski definition) is 4. The van der Waals surface area contributed by atoms with Gasteiger partial charge in [0.15, 0.2) is 0 Å². The van der Waals surface area contributed by atoms with Crippen LogP contribution in [0.3, 0.4) is 0 Å². The molecule has 0 heterocycles. The van der Waals surface area contributed by atoms with E-state index in [1.165, 1.54) is 16.7 Å². The minimum absolute atomic E-state index is 0. The minimum atomic E-state index is -0.213. The van der Waals surface area contributed by atoms with Crippen molar-refractivity contribution in [3.63, 3.8) is 0 Å². The molecule has 168 valence electrons. The zero-order valence-corrected chi connectivity index (χ0v) is 19.2. The second-order valence-corrected chi connectivity index (χ2v) is 7.98. The van der Waals surface area contributed by atoms with Crippen LogP contribution in [0.15, 0.2) is 78.9 Å². The van der Waals surface area contributed by atoms with E-state index >= 15 is 0 Å². The van der Waals surface area contributed by atoms with Gasteiger partial charge in [-0.05, 0) is 52.4 Å². The van der Waals surface area contributed by atoms with Crippen molar-refractivity contribution in [3.05, 3.63) is 112 Å². The third kappa shape index (κ3) is 5.33. The van der Waals surface area contributed by atoms with Crippen LogP contribution < -0.4 is 16.8 Å². The molecule has 0 spiro atoms. The summed E-state index contributed by atoms with van der Waals surface area (Å²) >= 11 is 0. The highest BCUT2D eigenvalue weighted by Crippen LogP contribution is 2.27. The SMILES string of the molecule is Cc1ccccc1Cc1ccc2c(C(=O)NCc3ccc(C(=N)N)cc3)c(N)ccc2c1.Cl. The molecule has 0 fully saturated rings. The van der Waals surface area contributed by atoms with Gasteiger partial charge in [-0.2, -0.15) is 0 Å². The van der Waals surface area contributed by atoms with Crippen molar-refractivity contribution < 1.29 is 4.79 Å². The molecular formula is C27H27ClN4O. The lowest BCUT2D eigenvalue weighted by Gasteiger charge is -2.13. The van der Waals surface area contributed by atoms with Crippen LogP contribution in [-0.2, 0) is 13.0 Å². The zero-order valence-electron chi connectivity index (χ0n) is 18.4. The fourth-order valence-electron chi connectivity index (χ4n) is 3.86. The van der Waals surface area contributed by atoms with Gasteiger partial charge in [0.1, 0.15) is 5.84 Å². The average molecular weight is 459 g/mol. The van der Waals surface area contributed by atoms with Crippen molar-refractivity contribution in [2.24, 2.45) is 5.73 Å². The lowest BCUT2D eigenvalue weighted by atomic mass is 9.96. The van der Waals surface area contributed by atoms with Crippen molar-refractivity contribution in [2.75, 3.05) is 5.73 Å². The molecule has 0 atom stereocenters. The number of rotatable bonds is 6. The van der Waals surface area contributed by atoms with Gasteiger partial charge in [0.25, 0.3) is 5.91 Å². The first-order valence-electron chi connectivity index (χ1n) is 10.5. The van der Waals surface area contributed by atoms with Crippen LogP contribution in [-0.4, -0.2) is 11.7 Å². The highest BCUT2D eigenvalue weighted by atomic mass is 35.5. The van der Waals surface area contributed by atoms with Gasteiger partial charge >= 0.3 is 0 Å². The van der Waals surface area contributed by atoms with E-state index in [0.29, 0.717) is 23.4 Å². The molecule has 0 aromatic heterocycles. The third-order valence-corrected chi connectivity index (χ3v) is 5.72. The number of anilines is 1. The molecule has 0 saturated heterocycles. The van der Waals surface area contributed by atoms with Crippen molar-refractivity contribution in [3.8, 4) is 0 Å². The number of hydrogen-bond acceptors (Lipinski definition) is 3. The maximum Gasteiger partial charge on any atom is 0.254 e. The van der Waals surface area contributed by atoms with Gasteiger partial charge in [0.05, 0.1) is 5.56 Å². The number of nitrogens with two attached hydrogens (primary N) is 2. The number of carbonyl (C=O) groups is 1. The number of amides is 1. The van der Waals surface area contributed by atoms with Gasteiger partial charge in [-0.3, -0.25) is 10.2 Å². The summed E-state index contributed by atoms with van der Waals surface area (Å²) in [6, 6.07) is 25.5. The molecule has 0 unspecified atom stereocenters. The van der Waals surface area contributed by atoms with Crippen LogP contribution in [0.1, 0.15) is 38.2 Å². The first kappa shape index (κ1) is 23.8. The second kappa shape index (κ2) is 10.2. The molecule has 6 heteroatoms. The molecular weight excluding hydrogens is 432 g/mol. The van der Waals surface area contributed by atoms with Crippen molar-refractivity contribution >= 4 is 40.6 Å². The number of benzene rings is 4. The monoisotopic (exact) mass is 458 g/mol. The standard InChI is InChI=1S/C27H26N4O.ClH/c1-17-4-2-3-5-21(17)14-19-8-12-23-22(15-19)11-13-24(28)25(23)27(32)31-16-18-6-9-20(10-7-18)26(29)30;/h2-13,15H,14,16,28H2,1H3,(H3,29,30)(H,31,32);1H. The number of aryl methyl sites for hydroxylation is 1. The Morgan fingerprint density at radius 3 is 2.33 bits per heavy atom. The van der Waals surface area contributed by atoms with Crippen LogP contribution in [0, 0.1) is 12.3 Å². The largest absolute Gasteiger partial charge is 0.398 e. The molecule has 4 aromatic carbocycles. The second-order valence-electron chi connectivity index (χ2n) is 7.98. The lowest BCUT2D eigenvalue weighted by Crippen LogP contribution is -2.24. The maximum atomic E-state index is 13.0. The summed E-state index contributed by atoms with van der Waals surface area (Å²) in [4.78, 5) is 13.0. The quantitative estimate of drug-likeness (QED) is 0.186. The molecule has 4 aromatic rings. The summed E-state index contributed by atoms with van der Waals surface area (Å²) in [7, 11) is 0. The van der Waals surface area contributed by atoms with Crippen LogP contribution in [0.5, 0.6) is 0 Å². The highest BCUT2D eigenvalue weighted by Gasteiger charge is 2.14. The van der Waals surface area contributed by atoms with E-state index in [4.69, 9.17) is 16.9 Å². The van der Waals surface area contributed by atoms with Crippen molar-refractivity contribution in [2.45, 2.75) is 19.9 Å². The number of fused-ring (bicyclic) bond motifs is 1. The van der Waals surface area contributed by atoms with Crippen LogP contribution in [0.2, 0.25) is 0 Å². The van der Waals surface area contributed by atoms with E-state index in [9.17, 15) is 4.79 Å². The number of carbonyl (C=O) groups excluding carboxylic acids is 1. The van der Waals surface area contributed by atoms with Crippen LogP contribution in [0.25, 0.3) is 10.8 Å². The summed E-state index contributed by atoms with van der Waals surface area (Å²) in [6.45, 7) is 2.48. The fourth-order valence-corrected chi connectivity index (χ4v) is 3.86. The average Bonchev–Trinajstić information content (AvgIpc) is 2.79. The predicted molar refractivity (Wildman–Crippen MR) is 138 cm³/mol. The van der Waals surface area contributed by atoms with Crippen LogP contribution in [0.4, 0.5) is 5.69 Å². The summed E-state index contributed by atoms with van der Waals surface area (Å²) in [5.74, 6) is -0.193. The molecule has 0 aliphatic carbocycles. The van der Waals surface area contributed by atoms with Crippen molar-refractivity contribution in [1.82, 2.24) is 5.32 Å². The highest BCUT2D eigenvalue weighted by molar-refractivity contribution is 6.11. The molecule has 4 rings (SSSR count). The van der Waals surface area contributed by atoms with Gasteiger partial charge in [-0.25, -0.2) is 0 Å². The minimum Gasteiger partial charge on any atom is -0.398 e. The summed E-state index contributed by atoms with van der Waals surface area (Å²) < 4.78 is 0. The molecule has 5 nitrogen and oxygen atoms in total. The molecule has 6 N–H and O–H groups in total. The van der Waals surface area contributed by atoms with E-state index in [-0.39, 0.29) is 24.1 Å². The summed E-state index contributed by atoms with van der Waals surface area (Å²) in [5, 5.41) is 12.2. The van der Waals surface area contributed by atoms with Crippen molar-refractivity contribution in [1.29, 1.82) is 5.41 Å². The molecule has 0 saturated carbocycles. The van der Waals surface area contributed by atoms with Gasteiger partial charge in [0, 0.05) is 17.8 Å². The Labute approximate surface area is 199 Å². The van der Waals surface area contributed by atoms with E-state index in [0.717, 1.165) is 22.8 Å². The Balaban J connectivity index is 0.00000306. The first-order valence-corrected chi connectivity index (χ1v) is 10.5. The van der Waals surface area contributed by atoms with E-state index in [1.54, 1.807) is 18.2 Å². The van der Waals surface area contributed by atoms with Gasteiger partial charge in [-0.15, -0.1) is 12.4 Å². The van der Waals surface area contributed by atoms with Gasteiger partial charge in [0.2, 0.25) is 0 Å². The summed E-state index contributed by atoms with van der Waals surface area (Å²) in [5.41, 5.74) is 17.9. The predicted octanol–water partition coefficient (Wildman–Crippen LogP) is 4.96. The Morgan fingerprint density at radius 2 is 1.64 bits per heavy atom. The Bertz CT molecular complexity index is 1320. The van der Waals surface area contributed by atoms with Gasteiger partial charge in [-0.1, -0.05) is 72.8 Å². The molecule has 1 amide bonds. The van der Waals surface area contributed by atoms with E-state index in [2.05, 4.69) is 42.6 Å². The van der Waals surface area contributed by atoms with Crippen LogP contribution >= 0.6 is 12.4 Å². The third-order valence-electron chi connectivity index (χ3n) is 5.72. The fraction of sp³-hybridized carbons (Fsp3) is 0.111. The van der Waals surface area contributed by atoms with E-state index in [1.807, 2.05) is 30.3 Å². The number of amidine groups is 1. The Morgan fingerprint density at radius 1 is 0.939 bits per heavy atom. The van der Waals surface area contributed by atoms with Gasteiger partial charge < -0.3 is 16.8 Å². The molecule has 0 bridgehead atoms. The number of halogens is 1. The molecule has 0 radical (unpaired) electrons. The van der Waals surface area contributed by atoms with E-state index < -0.39 is 0 Å².